The number of piperidine rings is 1. The van der Waals surface area contributed by atoms with Gasteiger partial charge in [-0.05, 0) is 55.9 Å². The molecular weight excluding hydrogens is 236 g/mol. The van der Waals surface area contributed by atoms with Gasteiger partial charge in [0.25, 0.3) is 0 Å². The molecule has 0 bridgehead atoms. The molecule has 1 aliphatic rings. The lowest BCUT2D eigenvalue weighted by atomic mass is 9.93. The minimum atomic E-state index is 0.701. The van der Waals surface area contributed by atoms with Gasteiger partial charge in [-0.15, -0.1) is 0 Å². The van der Waals surface area contributed by atoms with Crippen LogP contribution in [-0.2, 0) is 17.9 Å². The van der Waals surface area contributed by atoms with E-state index in [0.29, 0.717) is 6.61 Å². The number of nitrogens with zero attached hydrogens (tertiary/aromatic N) is 1. The first-order valence-electron chi connectivity index (χ1n) is 7.31. The highest BCUT2D eigenvalue weighted by molar-refractivity contribution is 5.23. The molecule has 106 valence electrons. The van der Waals surface area contributed by atoms with Crippen molar-refractivity contribution in [2.75, 3.05) is 26.7 Å². The minimum absolute atomic E-state index is 0.701. The molecule has 0 atom stereocenters. The average Bonchev–Trinajstić information content (AvgIpc) is 2.42. The SMILES string of the molecule is COCc1cccc(CN2CCC(CCN)CC2)c1. The van der Waals surface area contributed by atoms with E-state index in [1.807, 2.05) is 0 Å². The second-order valence-electron chi connectivity index (χ2n) is 5.55. The van der Waals surface area contributed by atoms with Gasteiger partial charge in [0.15, 0.2) is 0 Å². The smallest absolute Gasteiger partial charge is 0.0713 e. The standard InChI is InChI=1S/C16H26N2O/c1-19-13-16-4-2-3-15(11-16)12-18-9-6-14(5-8-17)7-10-18/h2-4,11,14H,5-10,12-13,17H2,1H3. The zero-order valence-electron chi connectivity index (χ0n) is 12.0. The van der Waals surface area contributed by atoms with Crippen LogP contribution in [0.15, 0.2) is 24.3 Å². The highest BCUT2D eigenvalue weighted by atomic mass is 16.5. The first-order valence-corrected chi connectivity index (χ1v) is 7.31. The van der Waals surface area contributed by atoms with E-state index in [4.69, 9.17) is 10.5 Å². The van der Waals surface area contributed by atoms with Crippen molar-refractivity contribution in [2.45, 2.75) is 32.4 Å². The van der Waals surface area contributed by atoms with Gasteiger partial charge in [-0.25, -0.2) is 0 Å². The van der Waals surface area contributed by atoms with E-state index in [0.717, 1.165) is 19.0 Å². The maximum Gasteiger partial charge on any atom is 0.0713 e. The molecule has 0 unspecified atom stereocenters. The molecule has 0 radical (unpaired) electrons. The summed E-state index contributed by atoms with van der Waals surface area (Å²) in [6.45, 7) is 5.02. The first-order chi connectivity index (χ1) is 9.31. The molecule has 3 heteroatoms. The summed E-state index contributed by atoms with van der Waals surface area (Å²) in [7, 11) is 1.74. The van der Waals surface area contributed by atoms with Crippen LogP contribution in [0.4, 0.5) is 0 Å². The van der Waals surface area contributed by atoms with Crippen molar-refractivity contribution in [3.05, 3.63) is 35.4 Å². The van der Waals surface area contributed by atoms with E-state index in [2.05, 4.69) is 29.2 Å². The number of benzene rings is 1. The van der Waals surface area contributed by atoms with Crippen LogP contribution in [0, 0.1) is 5.92 Å². The highest BCUT2D eigenvalue weighted by Gasteiger charge is 2.18. The topological polar surface area (TPSA) is 38.5 Å². The fourth-order valence-electron chi connectivity index (χ4n) is 2.91. The lowest BCUT2D eigenvalue weighted by Gasteiger charge is -2.31. The van der Waals surface area contributed by atoms with Gasteiger partial charge in [0.2, 0.25) is 0 Å². The van der Waals surface area contributed by atoms with Crippen LogP contribution < -0.4 is 5.73 Å². The number of rotatable bonds is 6. The highest BCUT2D eigenvalue weighted by Crippen LogP contribution is 2.21. The van der Waals surface area contributed by atoms with E-state index in [-0.39, 0.29) is 0 Å². The van der Waals surface area contributed by atoms with Crippen molar-refractivity contribution in [3.8, 4) is 0 Å². The number of hydrogen-bond donors (Lipinski definition) is 1. The summed E-state index contributed by atoms with van der Waals surface area (Å²) in [5.74, 6) is 0.848. The third-order valence-electron chi connectivity index (χ3n) is 3.99. The maximum atomic E-state index is 5.64. The summed E-state index contributed by atoms with van der Waals surface area (Å²) in [6, 6.07) is 8.73. The molecule has 1 aromatic rings. The molecular formula is C16H26N2O. The summed E-state index contributed by atoms with van der Waals surface area (Å²) in [5.41, 5.74) is 8.29. The molecule has 1 aliphatic heterocycles. The van der Waals surface area contributed by atoms with Gasteiger partial charge in [-0.1, -0.05) is 24.3 Å². The molecule has 0 aromatic heterocycles. The molecule has 19 heavy (non-hydrogen) atoms. The van der Waals surface area contributed by atoms with Crippen LogP contribution >= 0.6 is 0 Å². The Hall–Kier alpha value is -0.900. The van der Waals surface area contributed by atoms with E-state index in [9.17, 15) is 0 Å². The fraction of sp³-hybridized carbons (Fsp3) is 0.625. The molecule has 2 rings (SSSR count). The van der Waals surface area contributed by atoms with Crippen LogP contribution in [-0.4, -0.2) is 31.6 Å². The van der Waals surface area contributed by atoms with Crippen LogP contribution in [0.3, 0.4) is 0 Å². The van der Waals surface area contributed by atoms with Crippen molar-refractivity contribution in [1.29, 1.82) is 0 Å². The fourth-order valence-corrected chi connectivity index (χ4v) is 2.91. The summed E-state index contributed by atoms with van der Waals surface area (Å²) < 4.78 is 5.19. The third-order valence-corrected chi connectivity index (χ3v) is 3.99. The van der Waals surface area contributed by atoms with Gasteiger partial charge in [0.05, 0.1) is 6.61 Å². The molecule has 1 aromatic carbocycles. The predicted molar refractivity (Wildman–Crippen MR) is 78.8 cm³/mol. The number of nitrogens with two attached hydrogens (primary N) is 1. The molecule has 2 N–H and O–H groups in total. The molecule has 1 fully saturated rings. The van der Waals surface area contributed by atoms with Crippen molar-refractivity contribution in [3.63, 3.8) is 0 Å². The monoisotopic (exact) mass is 262 g/mol. The Balaban J connectivity index is 1.83. The zero-order chi connectivity index (χ0) is 13.5. The number of likely N-dealkylation sites (tertiary alicyclic amines) is 1. The van der Waals surface area contributed by atoms with Gasteiger partial charge in [0.1, 0.15) is 0 Å². The lowest BCUT2D eigenvalue weighted by molar-refractivity contribution is 0.172. The van der Waals surface area contributed by atoms with E-state index in [1.54, 1.807) is 7.11 Å². The number of ether oxygens (including phenoxy) is 1. The lowest BCUT2D eigenvalue weighted by Crippen LogP contribution is -2.33. The molecule has 3 nitrogen and oxygen atoms in total. The van der Waals surface area contributed by atoms with Crippen LogP contribution in [0.2, 0.25) is 0 Å². The van der Waals surface area contributed by atoms with Gasteiger partial charge in [-0.2, -0.15) is 0 Å². The minimum Gasteiger partial charge on any atom is -0.380 e. The van der Waals surface area contributed by atoms with E-state index < -0.39 is 0 Å². The third kappa shape index (κ3) is 4.60. The Morgan fingerprint density at radius 3 is 2.68 bits per heavy atom. The number of hydrogen-bond acceptors (Lipinski definition) is 3. The van der Waals surface area contributed by atoms with Crippen LogP contribution in [0.5, 0.6) is 0 Å². The Kier molecular flexibility index (Phi) is 5.83. The van der Waals surface area contributed by atoms with Crippen LogP contribution in [0.1, 0.15) is 30.4 Å². The summed E-state index contributed by atoms with van der Waals surface area (Å²) >= 11 is 0. The van der Waals surface area contributed by atoms with E-state index >= 15 is 0 Å². The second kappa shape index (κ2) is 7.63. The van der Waals surface area contributed by atoms with Gasteiger partial charge >= 0.3 is 0 Å². The first kappa shape index (κ1) is 14.5. The van der Waals surface area contributed by atoms with Crippen LogP contribution in [0.25, 0.3) is 0 Å². The summed E-state index contributed by atoms with van der Waals surface area (Å²) in [4.78, 5) is 2.55. The molecule has 1 heterocycles. The number of methoxy groups -OCH3 is 1. The molecule has 0 spiro atoms. The van der Waals surface area contributed by atoms with Crippen molar-refractivity contribution in [1.82, 2.24) is 4.90 Å². The molecule has 1 saturated heterocycles. The summed E-state index contributed by atoms with van der Waals surface area (Å²) in [5, 5.41) is 0. The predicted octanol–water partition coefficient (Wildman–Crippen LogP) is 2.39. The van der Waals surface area contributed by atoms with Gasteiger partial charge < -0.3 is 10.5 Å². The molecule has 0 saturated carbocycles. The van der Waals surface area contributed by atoms with Gasteiger partial charge in [0, 0.05) is 13.7 Å². The zero-order valence-corrected chi connectivity index (χ0v) is 12.0. The van der Waals surface area contributed by atoms with E-state index in [1.165, 1.54) is 43.5 Å². The van der Waals surface area contributed by atoms with Crippen molar-refractivity contribution in [2.24, 2.45) is 11.7 Å². The Morgan fingerprint density at radius 2 is 2.00 bits per heavy atom. The maximum absolute atomic E-state index is 5.64. The average molecular weight is 262 g/mol. The largest absolute Gasteiger partial charge is 0.380 e. The Morgan fingerprint density at radius 1 is 1.26 bits per heavy atom. The molecule has 0 amide bonds. The molecule has 0 aliphatic carbocycles. The second-order valence-corrected chi connectivity index (χ2v) is 5.55. The van der Waals surface area contributed by atoms with Crippen molar-refractivity contribution >= 4 is 0 Å². The van der Waals surface area contributed by atoms with Crippen molar-refractivity contribution < 1.29 is 4.74 Å². The Bertz CT molecular complexity index is 373. The normalized spacial score (nSPS) is 17.8. The van der Waals surface area contributed by atoms with Gasteiger partial charge in [-0.3, -0.25) is 4.90 Å². The quantitative estimate of drug-likeness (QED) is 0.855. The Labute approximate surface area is 116 Å². The summed E-state index contributed by atoms with van der Waals surface area (Å²) in [6.07, 6.45) is 3.79.